The van der Waals surface area contributed by atoms with Crippen molar-refractivity contribution in [3.63, 3.8) is 0 Å². The SMILES string of the molecule is CC(N)C(=O)NC(C)C(=O)NC(C(=O)NCC(=O)O)C(C)C. The first kappa shape index (κ1) is 19.8. The number of nitrogens with one attached hydrogen (secondary N) is 3. The van der Waals surface area contributed by atoms with E-state index in [4.69, 9.17) is 10.8 Å². The Bertz CT molecular complexity index is 436. The minimum Gasteiger partial charge on any atom is -0.480 e. The van der Waals surface area contributed by atoms with Crippen LogP contribution < -0.4 is 21.7 Å². The zero-order chi connectivity index (χ0) is 17.4. The van der Waals surface area contributed by atoms with Crippen LogP contribution in [0.25, 0.3) is 0 Å². The van der Waals surface area contributed by atoms with Crippen molar-refractivity contribution in [3.05, 3.63) is 0 Å². The number of hydrogen-bond acceptors (Lipinski definition) is 5. The Kier molecular flexibility index (Phi) is 8.10. The predicted molar refractivity (Wildman–Crippen MR) is 78.7 cm³/mol. The molecule has 6 N–H and O–H groups in total. The molecule has 0 radical (unpaired) electrons. The number of carbonyl (C=O) groups is 4. The summed E-state index contributed by atoms with van der Waals surface area (Å²) in [4.78, 5) is 45.8. The molecule has 0 saturated heterocycles. The Labute approximate surface area is 129 Å². The van der Waals surface area contributed by atoms with E-state index in [2.05, 4.69) is 16.0 Å². The third kappa shape index (κ3) is 7.02. The van der Waals surface area contributed by atoms with Gasteiger partial charge in [0.15, 0.2) is 0 Å². The lowest BCUT2D eigenvalue weighted by Crippen LogP contribution is -2.56. The van der Waals surface area contributed by atoms with E-state index in [1.165, 1.54) is 13.8 Å². The molecule has 0 rings (SSSR count). The summed E-state index contributed by atoms with van der Waals surface area (Å²) in [5.74, 6) is -3.08. The number of nitrogens with two attached hydrogens (primary N) is 1. The quantitative estimate of drug-likeness (QED) is 0.356. The number of carboxylic acid groups (broad SMARTS) is 1. The van der Waals surface area contributed by atoms with Crippen molar-refractivity contribution in [3.8, 4) is 0 Å². The van der Waals surface area contributed by atoms with Crippen molar-refractivity contribution >= 4 is 23.7 Å². The molecule has 3 unspecified atom stereocenters. The number of carboxylic acids is 1. The first-order valence-electron chi connectivity index (χ1n) is 6.92. The highest BCUT2D eigenvalue weighted by Gasteiger charge is 2.27. The number of aliphatic carboxylic acids is 1. The third-order valence-electron chi connectivity index (χ3n) is 2.83. The lowest BCUT2D eigenvalue weighted by molar-refractivity contribution is -0.138. The van der Waals surface area contributed by atoms with Crippen LogP contribution in [0.15, 0.2) is 0 Å². The van der Waals surface area contributed by atoms with Crippen LogP contribution >= 0.6 is 0 Å². The minimum absolute atomic E-state index is 0.255. The summed E-state index contributed by atoms with van der Waals surface area (Å²) in [6, 6.07) is -2.52. The summed E-state index contributed by atoms with van der Waals surface area (Å²) in [6.07, 6.45) is 0. The van der Waals surface area contributed by atoms with Crippen molar-refractivity contribution in [1.82, 2.24) is 16.0 Å². The van der Waals surface area contributed by atoms with Crippen molar-refractivity contribution in [2.75, 3.05) is 6.54 Å². The second-order valence-electron chi connectivity index (χ2n) is 5.36. The molecule has 0 aliphatic carbocycles. The first-order chi connectivity index (χ1) is 10.1. The van der Waals surface area contributed by atoms with Crippen LogP contribution in [0.4, 0.5) is 0 Å². The van der Waals surface area contributed by atoms with E-state index in [1.807, 2.05) is 0 Å². The molecule has 0 aromatic carbocycles. The molecule has 0 aliphatic heterocycles. The van der Waals surface area contributed by atoms with Gasteiger partial charge in [-0.2, -0.15) is 0 Å². The summed E-state index contributed by atoms with van der Waals surface area (Å²) in [5.41, 5.74) is 5.39. The summed E-state index contributed by atoms with van der Waals surface area (Å²) < 4.78 is 0. The molecule has 0 aromatic rings. The van der Waals surface area contributed by atoms with Crippen LogP contribution in [0.1, 0.15) is 27.7 Å². The van der Waals surface area contributed by atoms with Gasteiger partial charge in [-0.3, -0.25) is 19.2 Å². The molecule has 0 saturated carbocycles. The van der Waals surface area contributed by atoms with Gasteiger partial charge in [0, 0.05) is 0 Å². The van der Waals surface area contributed by atoms with Gasteiger partial charge < -0.3 is 26.8 Å². The van der Waals surface area contributed by atoms with Gasteiger partial charge >= 0.3 is 5.97 Å². The average molecular weight is 316 g/mol. The molecule has 22 heavy (non-hydrogen) atoms. The molecule has 0 fully saturated rings. The van der Waals surface area contributed by atoms with Crippen LogP contribution in [0.2, 0.25) is 0 Å². The fraction of sp³-hybridized carbons (Fsp3) is 0.692. The standard InChI is InChI=1S/C13H24N4O5/c1-6(2)10(13(22)15-5-9(18)19)17-12(21)8(4)16-11(20)7(3)14/h6-8,10H,5,14H2,1-4H3,(H,15,22)(H,16,20)(H,17,21)(H,18,19). The lowest BCUT2D eigenvalue weighted by Gasteiger charge is -2.23. The van der Waals surface area contributed by atoms with E-state index < -0.39 is 48.4 Å². The fourth-order valence-corrected chi connectivity index (χ4v) is 1.50. The summed E-state index contributed by atoms with van der Waals surface area (Å²) in [7, 11) is 0. The summed E-state index contributed by atoms with van der Waals surface area (Å²) in [6.45, 7) is 5.82. The Balaban J connectivity index is 4.67. The molecule has 9 heteroatoms. The van der Waals surface area contributed by atoms with E-state index >= 15 is 0 Å². The lowest BCUT2D eigenvalue weighted by atomic mass is 10.0. The van der Waals surface area contributed by atoms with Crippen molar-refractivity contribution in [1.29, 1.82) is 0 Å². The van der Waals surface area contributed by atoms with Crippen LogP contribution in [-0.2, 0) is 19.2 Å². The maximum atomic E-state index is 12.0. The van der Waals surface area contributed by atoms with E-state index in [9.17, 15) is 19.2 Å². The highest BCUT2D eigenvalue weighted by atomic mass is 16.4. The van der Waals surface area contributed by atoms with Gasteiger partial charge in [0.25, 0.3) is 0 Å². The second-order valence-corrected chi connectivity index (χ2v) is 5.36. The van der Waals surface area contributed by atoms with Gasteiger partial charge in [-0.25, -0.2) is 0 Å². The van der Waals surface area contributed by atoms with E-state index in [0.717, 1.165) is 0 Å². The second kappa shape index (κ2) is 8.98. The zero-order valence-electron chi connectivity index (χ0n) is 13.2. The molecule has 0 heterocycles. The number of hydrogen-bond donors (Lipinski definition) is 5. The van der Waals surface area contributed by atoms with Crippen molar-refractivity contribution < 1.29 is 24.3 Å². The zero-order valence-corrected chi connectivity index (χ0v) is 13.2. The van der Waals surface area contributed by atoms with Gasteiger partial charge in [-0.1, -0.05) is 13.8 Å². The third-order valence-corrected chi connectivity index (χ3v) is 2.83. The van der Waals surface area contributed by atoms with Crippen LogP contribution in [0, 0.1) is 5.92 Å². The summed E-state index contributed by atoms with van der Waals surface area (Å²) in [5, 5.41) is 15.6. The van der Waals surface area contributed by atoms with E-state index in [1.54, 1.807) is 13.8 Å². The van der Waals surface area contributed by atoms with Gasteiger partial charge in [-0.05, 0) is 19.8 Å². The van der Waals surface area contributed by atoms with Gasteiger partial charge in [0.1, 0.15) is 18.6 Å². The number of rotatable bonds is 8. The van der Waals surface area contributed by atoms with Gasteiger partial charge in [0.2, 0.25) is 17.7 Å². The van der Waals surface area contributed by atoms with Crippen molar-refractivity contribution in [2.24, 2.45) is 11.7 Å². The topological polar surface area (TPSA) is 151 Å². The smallest absolute Gasteiger partial charge is 0.322 e. The van der Waals surface area contributed by atoms with Gasteiger partial charge in [0.05, 0.1) is 6.04 Å². The van der Waals surface area contributed by atoms with E-state index in [0.29, 0.717) is 0 Å². The molecule has 3 atom stereocenters. The Hall–Kier alpha value is -2.16. The Morgan fingerprint density at radius 2 is 1.50 bits per heavy atom. The molecule has 0 aromatic heterocycles. The highest BCUT2D eigenvalue weighted by Crippen LogP contribution is 2.02. The fourth-order valence-electron chi connectivity index (χ4n) is 1.50. The molecule has 9 nitrogen and oxygen atoms in total. The molecule has 3 amide bonds. The van der Waals surface area contributed by atoms with Gasteiger partial charge in [-0.15, -0.1) is 0 Å². The molecular formula is C13H24N4O5. The van der Waals surface area contributed by atoms with Crippen LogP contribution in [-0.4, -0.2) is 53.5 Å². The number of carbonyl (C=O) groups excluding carboxylic acids is 3. The predicted octanol–water partition coefficient (Wildman–Crippen LogP) is -1.82. The summed E-state index contributed by atoms with van der Waals surface area (Å²) >= 11 is 0. The van der Waals surface area contributed by atoms with E-state index in [-0.39, 0.29) is 5.92 Å². The molecule has 126 valence electrons. The van der Waals surface area contributed by atoms with Crippen LogP contribution in [0.3, 0.4) is 0 Å². The molecule has 0 spiro atoms. The Morgan fingerprint density at radius 1 is 0.955 bits per heavy atom. The maximum absolute atomic E-state index is 12.0. The molecular weight excluding hydrogens is 292 g/mol. The van der Waals surface area contributed by atoms with Crippen molar-refractivity contribution in [2.45, 2.75) is 45.8 Å². The molecule has 0 aliphatic rings. The normalized spacial score (nSPS) is 14.6. The largest absolute Gasteiger partial charge is 0.480 e. The average Bonchev–Trinajstić information content (AvgIpc) is 2.40. The minimum atomic E-state index is -1.18. The number of amides is 3. The first-order valence-corrected chi connectivity index (χ1v) is 6.92. The maximum Gasteiger partial charge on any atom is 0.322 e. The monoisotopic (exact) mass is 316 g/mol. The van der Waals surface area contributed by atoms with Crippen LogP contribution in [0.5, 0.6) is 0 Å². The Morgan fingerprint density at radius 3 is 1.91 bits per heavy atom. The molecule has 0 bridgehead atoms. The highest BCUT2D eigenvalue weighted by molar-refractivity contribution is 5.93.